The molecule has 1 atom stereocenters. The van der Waals surface area contributed by atoms with E-state index in [4.69, 9.17) is 0 Å². The summed E-state index contributed by atoms with van der Waals surface area (Å²) in [6, 6.07) is 5.08. The lowest BCUT2D eigenvalue weighted by atomic mass is 9.96. The quantitative estimate of drug-likeness (QED) is 0.807. The maximum Gasteiger partial charge on any atom is 0.223 e. The average Bonchev–Trinajstić information content (AvgIpc) is 2.70. The van der Waals surface area contributed by atoms with Crippen molar-refractivity contribution < 1.29 is 17.6 Å². The summed E-state index contributed by atoms with van der Waals surface area (Å²) in [5.41, 5.74) is 1.60. The molecule has 1 aromatic rings. The molecular formula is C20H30FN3O3S. The van der Waals surface area contributed by atoms with Gasteiger partial charge in [-0.15, -0.1) is 0 Å². The first-order valence-corrected chi connectivity index (χ1v) is 11.7. The first kappa shape index (κ1) is 21.0. The lowest BCUT2D eigenvalue weighted by Crippen LogP contribution is -2.51. The van der Waals surface area contributed by atoms with E-state index < -0.39 is 10.0 Å². The number of carbonyl (C=O) groups excluding carboxylic acids is 1. The van der Waals surface area contributed by atoms with E-state index in [0.717, 1.165) is 24.9 Å². The molecule has 1 aromatic carbocycles. The van der Waals surface area contributed by atoms with E-state index in [-0.39, 0.29) is 29.4 Å². The van der Waals surface area contributed by atoms with Crippen molar-refractivity contribution in [1.82, 2.24) is 9.62 Å². The Morgan fingerprint density at radius 3 is 2.61 bits per heavy atom. The first-order valence-electron chi connectivity index (χ1n) is 10.1. The Bertz CT molecular complexity index is 807. The highest BCUT2D eigenvalue weighted by molar-refractivity contribution is 7.89. The lowest BCUT2D eigenvalue weighted by Gasteiger charge is -2.36. The van der Waals surface area contributed by atoms with Crippen molar-refractivity contribution in [3.8, 4) is 0 Å². The molecule has 156 valence electrons. The second kappa shape index (κ2) is 8.78. The Hall–Kier alpha value is -1.67. The van der Waals surface area contributed by atoms with Crippen LogP contribution >= 0.6 is 0 Å². The minimum atomic E-state index is -3.18. The van der Waals surface area contributed by atoms with Gasteiger partial charge in [0.05, 0.1) is 11.4 Å². The fourth-order valence-corrected chi connectivity index (χ4v) is 5.21. The fraction of sp³-hybridized carbons (Fsp3) is 0.650. The van der Waals surface area contributed by atoms with Crippen molar-refractivity contribution in [3.63, 3.8) is 0 Å². The van der Waals surface area contributed by atoms with Crippen molar-refractivity contribution in [2.24, 2.45) is 5.92 Å². The van der Waals surface area contributed by atoms with E-state index in [1.807, 2.05) is 17.9 Å². The van der Waals surface area contributed by atoms with Gasteiger partial charge >= 0.3 is 0 Å². The van der Waals surface area contributed by atoms with E-state index >= 15 is 0 Å². The van der Waals surface area contributed by atoms with Gasteiger partial charge in [-0.05, 0) is 57.2 Å². The predicted molar refractivity (Wildman–Crippen MR) is 108 cm³/mol. The highest BCUT2D eigenvalue weighted by atomic mass is 32.2. The van der Waals surface area contributed by atoms with E-state index in [0.29, 0.717) is 38.2 Å². The minimum Gasteiger partial charge on any atom is -0.367 e. The SMILES string of the molecule is CCS(=O)(=O)N1CCC(C(=O)NC2CCCN(c3cc(C)ccc3F)C2)CC1. The number of nitrogens with one attached hydrogen (secondary N) is 1. The van der Waals surface area contributed by atoms with Gasteiger partial charge in [-0.3, -0.25) is 4.79 Å². The van der Waals surface area contributed by atoms with Gasteiger partial charge in [0.15, 0.2) is 0 Å². The molecule has 1 amide bonds. The topological polar surface area (TPSA) is 69.7 Å². The Morgan fingerprint density at radius 1 is 1.21 bits per heavy atom. The highest BCUT2D eigenvalue weighted by Gasteiger charge is 2.32. The molecular weight excluding hydrogens is 381 g/mol. The van der Waals surface area contributed by atoms with Crippen LogP contribution in [0, 0.1) is 18.7 Å². The number of carbonyl (C=O) groups is 1. The average molecular weight is 412 g/mol. The van der Waals surface area contributed by atoms with Crippen LogP contribution in [0.2, 0.25) is 0 Å². The van der Waals surface area contributed by atoms with Gasteiger partial charge in [-0.25, -0.2) is 17.1 Å². The van der Waals surface area contributed by atoms with Crippen LogP contribution in [0.3, 0.4) is 0 Å². The maximum absolute atomic E-state index is 14.2. The summed E-state index contributed by atoms with van der Waals surface area (Å²) in [5, 5.41) is 3.12. The van der Waals surface area contributed by atoms with Crippen LogP contribution in [0.15, 0.2) is 18.2 Å². The van der Waals surface area contributed by atoms with E-state index in [1.165, 1.54) is 10.4 Å². The van der Waals surface area contributed by atoms with Gasteiger partial charge in [0.2, 0.25) is 15.9 Å². The molecule has 2 saturated heterocycles. The zero-order valence-corrected chi connectivity index (χ0v) is 17.5. The van der Waals surface area contributed by atoms with Gasteiger partial charge in [-0.2, -0.15) is 0 Å². The number of halogens is 1. The second-order valence-electron chi connectivity index (χ2n) is 7.82. The highest BCUT2D eigenvalue weighted by Crippen LogP contribution is 2.25. The molecule has 28 heavy (non-hydrogen) atoms. The molecule has 3 rings (SSSR count). The number of hydrogen-bond acceptors (Lipinski definition) is 4. The summed E-state index contributed by atoms with van der Waals surface area (Å²) in [7, 11) is -3.18. The number of rotatable bonds is 5. The Kier molecular flexibility index (Phi) is 6.60. The molecule has 0 aromatic heterocycles. The molecule has 0 radical (unpaired) electrons. The molecule has 2 aliphatic rings. The normalized spacial score (nSPS) is 22.2. The zero-order chi connectivity index (χ0) is 20.3. The third-order valence-electron chi connectivity index (χ3n) is 5.79. The predicted octanol–water partition coefficient (Wildman–Crippen LogP) is 2.28. The third-order valence-corrected chi connectivity index (χ3v) is 7.67. The Balaban J connectivity index is 1.55. The molecule has 0 saturated carbocycles. The summed E-state index contributed by atoms with van der Waals surface area (Å²) in [6.07, 6.45) is 2.87. The summed E-state index contributed by atoms with van der Waals surface area (Å²) in [4.78, 5) is 14.7. The molecule has 2 heterocycles. The van der Waals surface area contributed by atoms with Crippen molar-refractivity contribution in [1.29, 1.82) is 0 Å². The standard InChI is InChI=1S/C20H30FN3O3S/c1-3-28(26,27)24-11-8-16(9-12-24)20(25)22-17-5-4-10-23(14-17)19-13-15(2)6-7-18(19)21/h6-7,13,16-17H,3-5,8-12,14H2,1-2H3,(H,22,25). The third kappa shape index (κ3) is 4.84. The van der Waals surface area contributed by atoms with Gasteiger partial charge in [0, 0.05) is 38.1 Å². The molecule has 6 nitrogen and oxygen atoms in total. The molecule has 0 spiro atoms. The molecule has 1 unspecified atom stereocenters. The van der Waals surface area contributed by atoms with Crippen LogP contribution in [-0.4, -0.2) is 56.6 Å². The van der Waals surface area contributed by atoms with Crippen LogP contribution in [0.4, 0.5) is 10.1 Å². The number of piperidine rings is 2. The summed E-state index contributed by atoms with van der Waals surface area (Å²) in [5.74, 6) is -0.307. The van der Waals surface area contributed by atoms with Gasteiger partial charge < -0.3 is 10.2 Å². The van der Waals surface area contributed by atoms with Crippen molar-refractivity contribution in [2.45, 2.75) is 45.6 Å². The Morgan fingerprint density at radius 2 is 1.93 bits per heavy atom. The number of benzene rings is 1. The zero-order valence-electron chi connectivity index (χ0n) is 16.7. The van der Waals surface area contributed by atoms with E-state index in [9.17, 15) is 17.6 Å². The monoisotopic (exact) mass is 411 g/mol. The Labute approximate surface area is 167 Å². The second-order valence-corrected chi connectivity index (χ2v) is 10.1. The smallest absolute Gasteiger partial charge is 0.223 e. The number of hydrogen-bond donors (Lipinski definition) is 1. The van der Waals surface area contributed by atoms with Gasteiger partial charge in [-0.1, -0.05) is 6.07 Å². The number of amides is 1. The van der Waals surface area contributed by atoms with Crippen LogP contribution in [0.25, 0.3) is 0 Å². The minimum absolute atomic E-state index is 0.00916. The molecule has 1 N–H and O–H groups in total. The maximum atomic E-state index is 14.2. The molecule has 8 heteroatoms. The molecule has 2 aliphatic heterocycles. The number of aryl methyl sites for hydroxylation is 1. The van der Waals surface area contributed by atoms with Gasteiger partial charge in [0.1, 0.15) is 5.82 Å². The molecule has 0 bridgehead atoms. The van der Waals surface area contributed by atoms with Gasteiger partial charge in [0.25, 0.3) is 0 Å². The van der Waals surface area contributed by atoms with Crippen molar-refractivity contribution in [3.05, 3.63) is 29.6 Å². The number of anilines is 1. The van der Waals surface area contributed by atoms with E-state index in [1.54, 1.807) is 13.0 Å². The largest absolute Gasteiger partial charge is 0.367 e. The van der Waals surface area contributed by atoms with Crippen molar-refractivity contribution >= 4 is 21.6 Å². The van der Waals surface area contributed by atoms with Crippen LogP contribution in [0.5, 0.6) is 0 Å². The van der Waals surface area contributed by atoms with Crippen LogP contribution < -0.4 is 10.2 Å². The molecule has 2 fully saturated rings. The number of sulfonamides is 1. The summed E-state index contributed by atoms with van der Waals surface area (Å²) in [6.45, 7) is 5.76. The molecule has 0 aliphatic carbocycles. The first-order chi connectivity index (χ1) is 13.3. The van der Waals surface area contributed by atoms with E-state index in [2.05, 4.69) is 5.32 Å². The lowest BCUT2D eigenvalue weighted by molar-refractivity contribution is -0.126. The summed E-state index contributed by atoms with van der Waals surface area (Å²) < 4.78 is 39.6. The van der Waals surface area contributed by atoms with Crippen LogP contribution in [0.1, 0.15) is 38.2 Å². The van der Waals surface area contributed by atoms with Crippen molar-refractivity contribution in [2.75, 3.05) is 36.8 Å². The fourth-order valence-electron chi connectivity index (χ4n) is 4.08. The van der Waals surface area contributed by atoms with Crippen LogP contribution in [-0.2, 0) is 14.8 Å². The summed E-state index contributed by atoms with van der Waals surface area (Å²) >= 11 is 0. The number of nitrogens with zero attached hydrogens (tertiary/aromatic N) is 2.